The van der Waals surface area contributed by atoms with E-state index in [1.54, 1.807) is 0 Å². The molecular weight excluding hydrogens is 284 g/mol. The molecule has 1 atom stereocenters. The van der Waals surface area contributed by atoms with Gasteiger partial charge in [-0.05, 0) is 31.4 Å². The van der Waals surface area contributed by atoms with Crippen molar-refractivity contribution in [1.29, 1.82) is 0 Å². The zero-order valence-electron chi connectivity index (χ0n) is 13.8. The predicted octanol–water partition coefficient (Wildman–Crippen LogP) is 4.78. The van der Waals surface area contributed by atoms with Gasteiger partial charge in [-0.1, -0.05) is 56.0 Å². The van der Waals surface area contributed by atoms with Crippen molar-refractivity contribution in [3.63, 3.8) is 0 Å². The summed E-state index contributed by atoms with van der Waals surface area (Å²) in [7, 11) is 0. The second-order valence-electron chi connectivity index (χ2n) is 6.38. The molecule has 1 saturated carbocycles. The van der Waals surface area contributed by atoms with Crippen molar-refractivity contribution < 1.29 is 0 Å². The molecule has 0 radical (unpaired) electrons. The van der Waals surface area contributed by atoms with E-state index in [4.69, 9.17) is 0 Å². The van der Waals surface area contributed by atoms with Crippen LogP contribution in [0.15, 0.2) is 42.6 Å². The number of hydrogen-bond donors (Lipinski definition) is 2. The first-order valence-corrected chi connectivity index (χ1v) is 8.72. The van der Waals surface area contributed by atoms with Crippen molar-refractivity contribution in [1.82, 2.24) is 9.97 Å². The van der Waals surface area contributed by atoms with E-state index in [1.165, 1.54) is 44.1 Å². The Morgan fingerprint density at radius 1 is 1.00 bits per heavy atom. The minimum Gasteiger partial charge on any atom is -0.367 e. The van der Waals surface area contributed by atoms with Gasteiger partial charge in [0.2, 0.25) is 5.95 Å². The van der Waals surface area contributed by atoms with Crippen LogP contribution in [-0.2, 0) is 0 Å². The van der Waals surface area contributed by atoms with Crippen LogP contribution in [0.5, 0.6) is 0 Å². The summed E-state index contributed by atoms with van der Waals surface area (Å²) in [5.41, 5.74) is 1.23. The third-order valence-corrected chi connectivity index (χ3v) is 4.51. The van der Waals surface area contributed by atoms with Crippen LogP contribution in [0.4, 0.5) is 11.8 Å². The van der Waals surface area contributed by atoms with Gasteiger partial charge in [-0.25, -0.2) is 4.98 Å². The van der Waals surface area contributed by atoms with Gasteiger partial charge in [0, 0.05) is 12.2 Å². The summed E-state index contributed by atoms with van der Waals surface area (Å²) >= 11 is 0. The molecule has 2 N–H and O–H groups in total. The van der Waals surface area contributed by atoms with E-state index in [9.17, 15) is 0 Å². The molecule has 1 aliphatic carbocycles. The van der Waals surface area contributed by atoms with Gasteiger partial charge in [0.15, 0.2) is 0 Å². The van der Waals surface area contributed by atoms with Crippen molar-refractivity contribution in [3.8, 4) is 0 Å². The molecule has 0 amide bonds. The molecule has 4 nitrogen and oxygen atoms in total. The summed E-state index contributed by atoms with van der Waals surface area (Å²) < 4.78 is 0. The zero-order valence-corrected chi connectivity index (χ0v) is 13.8. The van der Waals surface area contributed by atoms with E-state index >= 15 is 0 Å². The SMILES string of the molecule is CC(Nc1nccc(NC2CCCCCC2)n1)c1ccccc1. The molecule has 1 aromatic heterocycles. The Kier molecular flexibility index (Phi) is 5.46. The van der Waals surface area contributed by atoms with Gasteiger partial charge in [-0.2, -0.15) is 4.98 Å². The number of nitrogens with one attached hydrogen (secondary N) is 2. The Balaban J connectivity index is 1.62. The fourth-order valence-corrected chi connectivity index (χ4v) is 3.16. The van der Waals surface area contributed by atoms with Crippen LogP contribution in [-0.4, -0.2) is 16.0 Å². The molecule has 1 heterocycles. The van der Waals surface area contributed by atoms with Crippen LogP contribution in [0.25, 0.3) is 0 Å². The Morgan fingerprint density at radius 3 is 2.48 bits per heavy atom. The molecule has 0 spiro atoms. The lowest BCUT2D eigenvalue weighted by Crippen LogP contribution is -2.19. The molecule has 0 saturated heterocycles. The zero-order chi connectivity index (χ0) is 15.9. The van der Waals surface area contributed by atoms with E-state index in [2.05, 4.69) is 51.8 Å². The molecule has 0 aliphatic heterocycles. The molecule has 1 aromatic carbocycles. The molecule has 1 unspecified atom stereocenters. The minimum absolute atomic E-state index is 0.185. The minimum atomic E-state index is 0.185. The number of aromatic nitrogens is 2. The van der Waals surface area contributed by atoms with Crippen molar-refractivity contribution in [2.75, 3.05) is 10.6 Å². The average molecular weight is 310 g/mol. The maximum absolute atomic E-state index is 4.63. The van der Waals surface area contributed by atoms with Gasteiger partial charge in [-0.15, -0.1) is 0 Å². The van der Waals surface area contributed by atoms with E-state index in [-0.39, 0.29) is 6.04 Å². The first-order chi connectivity index (χ1) is 11.3. The normalized spacial score (nSPS) is 17.3. The Bertz CT molecular complexity index is 591. The molecule has 1 fully saturated rings. The highest BCUT2D eigenvalue weighted by Crippen LogP contribution is 2.21. The second-order valence-corrected chi connectivity index (χ2v) is 6.38. The van der Waals surface area contributed by atoms with Crippen molar-refractivity contribution in [2.24, 2.45) is 0 Å². The lowest BCUT2D eigenvalue weighted by atomic mass is 10.1. The summed E-state index contributed by atoms with van der Waals surface area (Å²) in [6.07, 6.45) is 9.68. The molecule has 4 heteroatoms. The quantitative estimate of drug-likeness (QED) is 0.780. The third-order valence-electron chi connectivity index (χ3n) is 4.51. The number of benzene rings is 1. The highest BCUT2D eigenvalue weighted by molar-refractivity contribution is 5.41. The van der Waals surface area contributed by atoms with E-state index < -0.39 is 0 Å². The van der Waals surface area contributed by atoms with Gasteiger partial charge < -0.3 is 10.6 Å². The maximum atomic E-state index is 4.63. The van der Waals surface area contributed by atoms with Crippen LogP contribution in [0.2, 0.25) is 0 Å². The van der Waals surface area contributed by atoms with Crippen LogP contribution in [0, 0.1) is 0 Å². The van der Waals surface area contributed by atoms with Crippen LogP contribution in [0.3, 0.4) is 0 Å². The lowest BCUT2D eigenvalue weighted by molar-refractivity contribution is 0.617. The summed E-state index contributed by atoms with van der Waals surface area (Å²) in [4.78, 5) is 8.98. The highest BCUT2D eigenvalue weighted by atomic mass is 15.2. The Hall–Kier alpha value is -2.10. The maximum Gasteiger partial charge on any atom is 0.225 e. The van der Waals surface area contributed by atoms with Gasteiger partial charge in [0.05, 0.1) is 6.04 Å². The van der Waals surface area contributed by atoms with E-state index in [1.807, 2.05) is 18.3 Å². The molecule has 3 rings (SSSR count). The second kappa shape index (κ2) is 7.95. The van der Waals surface area contributed by atoms with Crippen molar-refractivity contribution in [2.45, 2.75) is 57.5 Å². The average Bonchev–Trinajstić information content (AvgIpc) is 2.85. The Labute approximate surface area is 138 Å². The molecule has 23 heavy (non-hydrogen) atoms. The first-order valence-electron chi connectivity index (χ1n) is 8.72. The highest BCUT2D eigenvalue weighted by Gasteiger charge is 2.13. The molecule has 1 aliphatic rings. The van der Waals surface area contributed by atoms with Gasteiger partial charge in [0.25, 0.3) is 0 Å². The smallest absolute Gasteiger partial charge is 0.225 e. The first kappa shape index (κ1) is 15.8. The van der Waals surface area contributed by atoms with E-state index in [0.29, 0.717) is 12.0 Å². The van der Waals surface area contributed by atoms with Crippen LogP contribution >= 0.6 is 0 Å². The standard InChI is InChI=1S/C19H26N4/c1-15(16-9-5-4-6-10-16)21-19-20-14-13-18(23-19)22-17-11-7-2-3-8-12-17/h4-6,9-10,13-15,17H,2-3,7-8,11-12H2,1H3,(H2,20,21,22,23). The Morgan fingerprint density at radius 2 is 1.74 bits per heavy atom. The largest absolute Gasteiger partial charge is 0.367 e. The number of rotatable bonds is 5. The fourth-order valence-electron chi connectivity index (χ4n) is 3.16. The third kappa shape index (κ3) is 4.68. The predicted molar refractivity (Wildman–Crippen MR) is 95.6 cm³/mol. The molecule has 122 valence electrons. The summed E-state index contributed by atoms with van der Waals surface area (Å²) in [6, 6.07) is 13.1. The van der Waals surface area contributed by atoms with Crippen molar-refractivity contribution in [3.05, 3.63) is 48.2 Å². The fraction of sp³-hybridized carbons (Fsp3) is 0.474. The van der Waals surface area contributed by atoms with Crippen LogP contribution in [0.1, 0.15) is 57.1 Å². The van der Waals surface area contributed by atoms with Gasteiger partial charge >= 0.3 is 0 Å². The number of nitrogens with zero attached hydrogens (tertiary/aromatic N) is 2. The molecular formula is C19H26N4. The van der Waals surface area contributed by atoms with Crippen molar-refractivity contribution >= 4 is 11.8 Å². The summed E-state index contributed by atoms with van der Waals surface area (Å²) in [6.45, 7) is 2.13. The molecule has 2 aromatic rings. The van der Waals surface area contributed by atoms with Gasteiger partial charge in [-0.3, -0.25) is 0 Å². The summed E-state index contributed by atoms with van der Waals surface area (Å²) in [5, 5.41) is 6.97. The number of hydrogen-bond acceptors (Lipinski definition) is 4. The monoisotopic (exact) mass is 310 g/mol. The topological polar surface area (TPSA) is 49.8 Å². The number of anilines is 2. The van der Waals surface area contributed by atoms with Crippen LogP contribution < -0.4 is 10.6 Å². The van der Waals surface area contributed by atoms with E-state index in [0.717, 1.165) is 5.82 Å². The lowest BCUT2D eigenvalue weighted by Gasteiger charge is -2.18. The van der Waals surface area contributed by atoms with Gasteiger partial charge in [0.1, 0.15) is 5.82 Å². The summed E-state index contributed by atoms with van der Waals surface area (Å²) in [5.74, 6) is 1.61. The molecule has 0 bridgehead atoms.